The van der Waals surface area contributed by atoms with E-state index in [4.69, 9.17) is 16.0 Å². The molecule has 0 aliphatic heterocycles. The molecule has 0 amide bonds. The lowest BCUT2D eigenvalue weighted by Crippen LogP contribution is -2.39. The molecule has 1 aromatic heterocycles. The van der Waals surface area contributed by atoms with Crippen molar-refractivity contribution in [1.29, 1.82) is 0 Å². The van der Waals surface area contributed by atoms with Crippen LogP contribution in [0.3, 0.4) is 0 Å². The molecule has 4 nitrogen and oxygen atoms in total. The van der Waals surface area contributed by atoms with Crippen molar-refractivity contribution in [2.45, 2.75) is 13.0 Å². The number of guanidine groups is 1. The Labute approximate surface area is 146 Å². The van der Waals surface area contributed by atoms with Crippen LogP contribution in [0.2, 0.25) is 5.02 Å². The molecule has 0 radical (unpaired) electrons. The van der Waals surface area contributed by atoms with Crippen LogP contribution in [0.25, 0.3) is 0 Å². The van der Waals surface area contributed by atoms with Gasteiger partial charge in [-0.05, 0) is 36.1 Å². The van der Waals surface area contributed by atoms with Gasteiger partial charge in [0.15, 0.2) is 5.96 Å². The third kappa shape index (κ3) is 7.01. The highest BCUT2D eigenvalue weighted by Gasteiger charge is 2.01. The molecule has 0 spiro atoms. The Balaban J connectivity index is 1.87. The Kier molecular flexibility index (Phi) is 7.90. The predicted molar refractivity (Wildman–Crippen MR) is 99.4 cm³/mol. The summed E-state index contributed by atoms with van der Waals surface area (Å²) in [5.41, 5.74) is 1.09. The molecule has 0 atom stereocenters. The first kappa shape index (κ1) is 17.8. The van der Waals surface area contributed by atoms with Crippen molar-refractivity contribution < 1.29 is 4.42 Å². The van der Waals surface area contributed by atoms with Gasteiger partial charge in [-0.2, -0.15) is 11.8 Å². The molecule has 0 unspecified atom stereocenters. The first-order valence-corrected chi connectivity index (χ1v) is 9.33. The second-order valence-electron chi connectivity index (χ2n) is 4.97. The second kappa shape index (κ2) is 10.2. The number of nitrogens with zero attached hydrogens (tertiary/aromatic N) is 1. The summed E-state index contributed by atoms with van der Waals surface area (Å²) in [6.45, 7) is 2.24. The van der Waals surface area contributed by atoms with E-state index in [2.05, 4.69) is 21.9 Å². The number of furan rings is 1. The third-order valence-corrected chi connectivity index (χ3v) is 4.00. The molecule has 6 heteroatoms. The molecule has 124 valence electrons. The number of nitrogens with one attached hydrogen (secondary N) is 2. The van der Waals surface area contributed by atoms with Crippen LogP contribution in [-0.2, 0) is 13.0 Å². The van der Waals surface area contributed by atoms with Gasteiger partial charge in [-0.15, -0.1) is 0 Å². The van der Waals surface area contributed by atoms with Gasteiger partial charge < -0.3 is 15.1 Å². The Bertz CT molecular complexity index is 602. The molecule has 1 heterocycles. The summed E-state index contributed by atoms with van der Waals surface area (Å²) in [7, 11) is 0. The van der Waals surface area contributed by atoms with E-state index in [-0.39, 0.29) is 0 Å². The minimum Gasteiger partial charge on any atom is -0.469 e. The molecule has 2 rings (SSSR count). The molecule has 2 N–H and O–H groups in total. The summed E-state index contributed by atoms with van der Waals surface area (Å²) in [6, 6.07) is 11.7. The zero-order chi connectivity index (χ0) is 16.3. The molecule has 0 fully saturated rings. The van der Waals surface area contributed by atoms with Crippen molar-refractivity contribution in [1.82, 2.24) is 10.6 Å². The molecule has 0 aliphatic carbocycles. The highest BCUT2D eigenvalue weighted by atomic mass is 35.5. The predicted octanol–water partition coefficient (Wildman–Crippen LogP) is 3.57. The van der Waals surface area contributed by atoms with Crippen LogP contribution < -0.4 is 10.6 Å². The number of aliphatic imine (C=N–C) groups is 1. The molecule has 23 heavy (non-hydrogen) atoms. The monoisotopic (exact) mass is 351 g/mol. The van der Waals surface area contributed by atoms with E-state index in [0.29, 0.717) is 6.54 Å². The minimum absolute atomic E-state index is 0.593. The van der Waals surface area contributed by atoms with Crippen molar-refractivity contribution in [2.75, 3.05) is 25.1 Å². The maximum absolute atomic E-state index is 6.01. The molecule has 0 aliphatic rings. The molecule has 1 aromatic carbocycles. The number of halogens is 1. The number of rotatable bonds is 8. The van der Waals surface area contributed by atoms with E-state index < -0.39 is 0 Å². The maximum atomic E-state index is 6.01. The highest BCUT2D eigenvalue weighted by molar-refractivity contribution is 7.98. The SMILES string of the molecule is CSCCNC(=NCc1cccc(Cl)c1)NCCc1ccco1. The average Bonchev–Trinajstić information content (AvgIpc) is 3.06. The van der Waals surface area contributed by atoms with Crippen molar-refractivity contribution in [3.05, 3.63) is 59.0 Å². The van der Waals surface area contributed by atoms with Gasteiger partial charge in [-0.25, -0.2) is 4.99 Å². The van der Waals surface area contributed by atoms with Gasteiger partial charge >= 0.3 is 0 Å². The fraction of sp³-hybridized carbons (Fsp3) is 0.353. The summed E-state index contributed by atoms with van der Waals surface area (Å²) in [5.74, 6) is 2.82. The van der Waals surface area contributed by atoms with Gasteiger partial charge in [-0.1, -0.05) is 23.7 Å². The number of hydrogen-bond donors (Lipinski definition) is 2. The number of thioether (sulfide) groups is 1. The van der Waals surface area contributed by atoms with Gasteiger partial charge in [0.25, 0.3) is 0 Å². The lowest BCUT2D eigenvalue weighted by Gasteiger charge is -2.12. The van der Waals surface area contributed by atoms with E-state index >= 15 is 0 Å². The van der Waals surface area contributed by atoms with Gasteiger partial charge in [0.1, 0.15) is 5.76 Å². The molecule has 0 saturated heterocycles. The van der Waals surface area contributed by atoms with Gasteiger partial charge in [0.05, 0.1) is 12.8 Å². The molecular formula is C17H22ClN3OS. The maximum Gasteiger partial charge on any atom is 0.191 e. The minimum atomic E-state index is 0.593. The van der Waals surface area contributed by atoms with Gasteiger partial charge in [0.2, 0.25) is 0 Å². The summed E-state index contributed by atoms with van der Waals surface area (Å²) in [5, 5.41) is 7.41. The van der Waals surface area contributed by atoms with Crippen molar-refractivity contribution >= 4 is 29.3 Å². The van der Waals surface area contributed by atoms with Crippen LogP contribution >= 0.6 is 23.4 Å². The zero-order valence-electron chi connectivity index (χ0n) is 13.2. The lowest BCUT2D eigenvalue weighted by molar-refractivity contribution is 0.507. The largest absolute Gasteiger partial charge is 0.469 e. The topological polar surface area (TPSA) is 49.6 Å². The second-order valence-corrected chi connectivity index (χ2v) is 6.39. The van der Waals surface area contributed by atoms with E-state index in [1.165, 1.54) is 0 Å². The summed E-state index contributed by atoms with van der Waals surface area (Å²) in [4.78, 5) is 4.62. The smallest absolute Gasteiger partial charge is 0.191 e. The van der Waals surface area contributed by atoms with Gasteiger partial charge in [-0.3, -0.25) is 0 Å². The molecule has 2 aromatic rings. The van der Waals surface area contributed by atoms with E-state index in [1.807, 2.05) is 36.4 Å². The summed E-state index contributed by atoms with van der Waals surface area (Å²) < 4.78 is 5.34. The fourth-order valence-electron chi connectivity index (χ4n) is 2.01. The third-order valence-electron chi connectivity index (χ3n) is 3.15. The quantitative estimate of drug-likeness (QED) is 0.433. The normalized spacial score (nSPS) is 11.5. The van der Waals surface area contributed by atoms with Crippen molar-refractivity contribution in [2.24, 2.45) is 4.99 Å². The number of hydrogen-bond acceptors (Lipinski definition) is 3. The first-order valence-electron chi connectivity index (χ1n) is 7.56. The Morgan fingerprint density at radius 1 is 1.22 bits per heavy atom. The van der Waals surface area contributed by atoms with E-state index in [0.717, 1.165) is 47.6 Å². The Hall–Kier alpha value is -1.59. The standard InChI is InChI=1S/C17H22ClN3OS/c1-23-11-9-20-17(19-8-7-16-6-3-10-22-16)21-13-14-4-2-5-15(18)12-14/h2-6,10,12H,7-9,11,13H2,1H3,(H2,19,20,21). The van der Waals surface area contributed by atoms with Crippen LogP contribution in [0.1, 0.15) is 11.3 Å². The summed E-state index contributed by atoms with van der Waals surface area (Å²) >= 11 is 7.81. The molecular weight excluding hydrogens is 330 g/mol. The fourth-order valence-corrected chi connectivity index (χ4v) is 2.53. The van der Waals surface area contributed by atoms with E-state index in [9.17, 15) is 0 Å². The Morgan fingerprint density at radius 2 is 2.09 bits per heavy atom. The van der Waals surface area contributed by atoms with Gasteiger partial charge in [0, 0.05) is 30.3 Å². The van der Waals surface area contributed by atoms with Crippen LogP contribution in [0.5, 0.6) is 0 Å². The van der Waals surface area contributed by atoms with Crippen LogP contribution in [0.4, 0.5) is 0 Å². The van der Waals surface area contributed by atoms with Crippen LogP contribution in [0.15, 0.2) is 52.1 Å². The van der Waals surface area contributed by atoms with Crippen LogP contribution in [0, 0.1) is 0 Å². The average molecular weight is 352 g/mol. The molecule has 0 bridgehead atoms. The Morgan fingerprint density at radius 3 is 2.83 bits per heavy atom. The summed E-state index contributed by atoms with van der Waals surface area (Å²) in [6.07, 6.45) is 4.61. The van der Waals surface area contributed by atoms with Crippen molar-refractivity contribution in [3.8, 4) is 0 Å². The lowest BCUT2D eigenvalue weighted by atomic mass is 10.2. The molecule has 0 saturated carbocycles. The van der Waals surface area contributed by atoms with Crippen LogP contribution in [-0.4, -0.2) is 31.1 Å². The van der Waals surface area contributed by atoms with Crippen molar-refractivity contribution in [3.63, 3.8) is 0 Å². The first-order chi connectivity index (χ1) is 11.3. The zero-order valence-corrected chi connectivity index (χ0v) is 14.8. The number of benzene rings is 1. The highest BCUT2D eigenvalue weighted by Crippen LogP contribution is 2.11. The van der Waals surface area contributed by atoms with E-state index in [1.54, 1.807) is 18.0 Å².